The van der Waals surface area contributed by atoms with Crippen molar-refractivity contribution in [2.45, 2.75) is 0 Å². The van der Waals surface area contributed by atoms with Gasteiger partial charge in [0.05, 0.1) is 0 Å². The molecule has 2 heteroatoms. The molecule has 0 aromatic heterocycles. The number of hydrogen-bond donors (Lipinski definition) is 1. The minimum atomic E-state index is -0.367. The third kappa shape index (κ3) is 1.02. The van der Waals surface area contributed by atoms with Crippen molar-refractivity contribution in [3.63, 3.8) is 0 Å². The monoisotopic (exact) mass is 195 g/mol. The smallest absolute Gasteiger partial charge is 0.249 e. The Morgan fingerprint density at radius 3 is 2.73 bits per heavy atom. The Bertz CT molecular complexity index is 611. The van der Waals surface area contributed by atoms with E-state index in [1.54, 1.807) is 6.07 Å². The van der Waals surface area contributed by atoms with Crippen LogP contribution in [0.5, 0.6) is 0 Å². The van der Waals surface area contributed by atoms with Crippen LogP contribution < -0.4 is 5.73 Å². The van der Waals surface area contributed by atoms with Crippen LogP contribution in [0.3, 0.4) is 0 Å². The van der Waals surface area contributed by atoms with Crippen LogP contribution in [-0.2, 0) is 0 Å². The standard InChI is InChI=1S/C13H9NO/c14-13(15)11-7-5-9-3-1-2-8-4-6-10(11)12(8)9/h1-7H,(H2,14,15). The van der Waals surface area contributed by atoms with Crippen molar-refractivity contribution in [2.24, 2.45) is 5.73 Å². The van der Waals surface area contributed by atoms with Gasteiger partial charge < -0.3 is 5.73 Å². The summed E-state index contributed by atoms with van der Waals surface area (Å²) in [5, 5.41) is 2.28. The zero-order chi connectivity index (χ0) is 10.4. The van der Waals surface area contributed by atoms with Gasteiger partial charge in [-0.3, -0.25) is 4.79 Å². The largest absolute Gasteiger partial charge is 0.366 e. The average Bonchev–Trinajstić information content (AvgIpc) is 2.65. The third-order valence-corrected chi connectivity index (χ3v) is 2.81. The van der Waals surface area contributed by atoms with Crippen LogP contribution in [-0.4, -0.2) is 5.91 Å². The van der Waals surface area contributed by atoms with E-state index >= 15 is 0 Å². The van der Waals surface area contributed by atoms with Gasteiger partial charge in [-0.2, -0.15) is 0 Å². The summed E-state index contributed by atoms with van der Waals surface area (Å²) in [5.74, 6) is -0.367. The second-order valence-corrected chi connectivity index (χ2v) is 3.67. The number of amides is 1. The molecule has 0 radical (unpaired) electrons. The fraction of sp³-hybridized carbons (Fsp3) is 0. The van der Waals surface area contributed by atoms with Gasteiger partial charge in [-0.1, -0.05) is 36.4 Å². The summed E-state index contributed by atoms with van der Waals surface area (Å²) in [7, 11) is 0. The molecule has 0 saturated heterocycles. The molecule has 0 spiro atoms. The maximum absolute atomic E-state index is 11.2. The van der Waals surface area contributed by atoms with Crippen LogP contribution in [0.25, 0.3) is 22.9 Å². The molecule has 0 heterocycles. The second-order valence-electron chi connectivity index (χ2n) is 3.67. The first kappa shape index (κ1) is 8.24. The van der Waals surface area contributed by atoms with E-state index < -0.39 is 0 Å². The predicted octanol–water partition coefficient (Wildman–Crippen LogP) is 2.42. The lowest BCUT2D eigenvalue weighted by Gasteiger charge is -2.05. The van der Waals surface area contributed by atoms with E-state index in [4.69, 9.17) is 5.73 Å². The van der Waals surface area contributed by atoms with Crippen molar-refractivity contribution in [2.75, 3.05) is 0 Å². The van der Waals surface area contributed by atoms with E-state index in [1.165, 1.54) is 0 Å². The first-order valence-electron chi connectivity index (χ1n) is 4.81. The number of nitrogens with two attached hydrogens (primary N) is 1. The van der Waals surface area contributed by atoms with Crippen LogP contribution in [0.1, 0.15) is 21.5 Å². The van der Waals surface area contributed by atoms with E-state index in [0.717, 1.165) is 21.9 Å². The highest BCUT2D eigenvalue weighted by Gasteiger charge is 2.14. The van der Waals surface area contributed by atoms with Gasteiger partial charge in [0.2, 0.25) is 5.91 Å². The molecular formula is C13H9NO. The fourth-order valence-corrected chi connectivity index (χ4v) is 2.14. The molecule has 2 aromatic carbocycles. The predicted molar refractivity (Wildman–Crippen MR) is 61.4 cm³/mol. The van der Waals surface area contributed by atoms with Gasteiger partial charge in [-0.25, -0.2) is 0 Å². The zero-order valence-electron chi connectivity index (χ0n) is 8.03. The molecule has 2 nitrogen and oxygen atoms in total. The molecule has 0 bridgehead atoms. The molecule has 0 saturated carbocycles. The maximum Gasteiger partial charge on any atom is 0.249 e. The van der Waals surface area contributed by atoms with Crippen molar-refractivity contribution in [1.29, 1.82) is 0 Å². The van der Waals surface area contributed by atoms with E-state index in [2.05, 4.69) is 0 Å². The van der Waals surface area contributed by atoms with E-state index in [9.17, 15) is 4.79 Å². The first-order valence-corrected chi connectivity index (χ1v) is 4.81. The molecule has 2 aromatic rings. The number of rotatable bonds is 1. The molecule has 0 unspecified atom stereocenters. The SMILES string of the molecule is NC(=O)c1ccc2cccc3c2c1C=C3. The van der Waals surface area contributed by atoms with Crippen LogP contribution in [0.2, 0.25) is 0 Å². The third-order valence-electron chi connectivity index (χ3n) is 2.81. The van der Waals surface area contributed by atoms with Crippen molar-refractivity contribution in [3.8, 4) is 0 Å². The van der Waals surface area contributed by atoms with Crippen molar-refractivity contribution < 1.29 is 4.79 Å². The molecular weight excluding hydrogens is 186 g/mol. The van der Waals surface area contributed by atoms with Gasteiger partial charge in [0.15, 0.2) is 0 Å². The van der Waals surface area contributed by atoms with E-state index in [1.807, 2.05) is 36.4 Å². The van der Waals surface area contributed by atoms with Gasteiger partial charge >= 0.3 is 0 Å². The molecule has 2 N–H and O–H groups in total. The summed E-state index contributed by atoms with van der Waals surface area (Å²) in [6.07, 6.45) is 3.97. The van der Waals surface area contributed by atoms with Gasteiger partial charge in [0, 0.05) is 5.56 Å². The molecule has 3 rings (SSSR count). The Balaban J connectivity index is 2.50. The normalized spacial score (nSPS) is 12.3. The van der Waals surface area contributed by atoms with Crippen LogP contribution in [0, 0.1) is 0 Å². The summed E-state index contributed by atoms with van der Waals surface area (Å²) in [6.45, 7) is 0. The molecule has 1 amide bonds. The van der Waals surface area contributed by atoms with Gasteiger partial charge in [0.1, 0.15) is 0 Å². The summed E-state index contributed by atoms with van der Waals surface area (Å²) >= 11 is 0. The highest BCUT2D eigenvalue weighted by molar-refractivity contribution is 6.11. The maximum atomic E-state index is 11.2. The topological polar surface area (TPSA) is 43.1 Å². The van der Waals surface area contributed by atoms with Crippen LogP contribution in [0.4, 0.5) is 0 Å². The van der Waals surface area contributed by atoms with Crippen molar-refractivity contribution in [1.82, 2.24) is 0 Å². The lowest BCUT2D eigenvalue weighted by atomic mass is 9.99. The molecule has 0 aliphatic heterocycles. The zero-order valence-corrected chi connectivity index (χ0v) is 8.03. The van der Waals surface area contributed by atoms with Crippen LogP contribution >= 0.6 is 0 Å². The van der Waals surface area contributed by atoms with Crippen molar-refractivity contribution in [3.05, 3.63) is 47.0 Å². The van der Waals surface area contributed by atoms with Crippen molar-refractivity contribution >= 4 is 28.8 Å². The minimum Gasteiger partial charge on any atom is -0.366 e. The van der Waals surface area contributed by atoms with Gasteiger partial charge in [0.25, 0.3) is 0 Å². The van der Waals surface area contributed by atoms with E-state index in [0.29, 0.717) is 5.56 Å². The number of primary amides is 1. The Labute approximate surface area is 87.0 Å². The summed E-state index contributed by atoms with van der Waals surface area (Å²) in [6, 6.07) is 9.83. The molecule has 0 fully saturated rings. The quantitative estimate of drug-likeness (QED) is 0.636. The average molecular weight is 195 g/mol. The molecule has 72 valence electrons. The number of benzene rings is 2. The minimum absolute atomic E-state index is 0.367. The molecule has 1 aliphatic rings. The highest BCUT2D eigenvalue weighted by atomic mass is 16.1. The summed E-state index contributed by atoms with van der Waals surface area (Å²) in [4.78, 5) is 11.2. The Kier molecular flexibility index (Phi) is 1.48. The second kappa shape index (κ2) is 2.70. The fourth-order valence-electron chi connectivity index (χ4n) is 2.14. The number of hydrogen-bond acceptors (Lipinski definition) is 1. The lowest BCUT2D eigenvalue weighted by molar-refractivity contribution is 0.100. The number of carbonyl (C=O) groups excluding carboxylic acids is 1. The Morgan fingerprint density at radius 1 is 1.07 bits per heavy atom. The molecule has 15 heavy (non-hydrogen) atoms. The van der Waals surface area contributed by atoms with Gasteiger partial charge in [-0.05, 0) is 28.0 Å². The number of carbonyl (C=O) groups is 1. The first-order chi connectivity index (χ1) is 7.27. The van der Waals surface area contributed by atoms with Crippen LogP contribution in [0.15, 0.2) is 30.3 Å². The van der Waals surface area contributed by atoms with E-state index in [-0.39, 0.29) is 5.91 Å². The highest BCUT2D eigenvalue weighted by Crippen LogP contribution is 2.33. The summed E-state index contributed by atoms with van der Waals surface area (Å²) in [5.41, 5.74) is 8.04. The molecule has 1 aliphatic carbocycles. The molecule has 0 atom stereocenters. The lowest BCUT2D eigenvalue weighted by Crippen LogP contribution is -2.12. The Hall–Kier alpha value is -2.09. The Morgan fingerprint density at radius 2 is 1.93 bits per heavy atom. The van der Waals surface area contributed by atoms with Gasteiger partial charge in [-0.15, -0.1) is 0 Å². The summed E-state index contributed by atoms with van der Waals surface area (Å²) < 4.78 is 0.